The largest absolute Gasteiger partial charge is 0.573 e. The summed E-state index contributed by atoms with van der Waals surface area (Å²) >= 11 is 2.71. The van der Waals surface area contributed by atoms with E-state index in [0.717, 1.165) is 0 Å². The van der Waals surface area contributed by atoms with Gasteiger partial charge in [-0.1, -0.05) is 0 Å². The fourth-order valence-corrected chi connectivity index (χ4v) is 1.40. The maximum absolute atomic E-state index is 13.1. The number of benzene rings is 1. The molecule has 0 saturated carbocycles. The summed E-state index contributed by atoms with van der Waals surface area (Å²) in [5.74, 6) is -2.04. The highest BCUT2D eigenvalue weighted by molar-refractivity contribution is 9.10. The van der Waals surface area contributed by atoms with Gasteiger partial charge in [0.25, 0.3) is 0 Å². The van der Waals surface area contributed by atoms with Crippen LogP contribution in [-0.4, -0.2) is 6.36 Å². The molecule has 0 spiro atoms. The van der Waals surface area contributed by atoms with Crippen molar-refractivity contribution in [3.63, 3.8) is 0 Å². The van der Waals surface area contributed by atoms with E-state index in [4.69, 9.17) is 11.0 Å². The van der Waals surface area contributed by atoms with Crippen molar-refractivity contribution in [2.75, 3.05) is 5.73 Å². The number of hydrogen-bond acceptors (Lipinski definition) is 3. The molecule has 8 heteroatoms. The summed E-state index contributed by atoms with van der Waals surface area (Å²) in [6, 6.07) is 1.86. The zero-order valence-corrected chi connectivity index (χ0v) is 8.99. The normalized spacial score (nSPS) is 11.0. The number of anilines is 1. The Morgan fingerprint density at radius 2 is 2.00 bits per heavy atom. The topological polar surface area (TPSA) is 59.0 Å². The van der Waals surface area contributed by atoms with Crippen LogP contribution in [0.1, 0.15) is 5.56 Å². The molecule has 0 saturated heterocycles. The first-order valence-electron chi connectivity index (χ1n) is 3.69. The quantitative estimate of drug-likeness (QED) is 0.640. The Labute approximate surface area is 95.5 Å². The van der Waals surface area contributed by atoms with E-state index in [2.05, 4.69) is 20.7 Å². The van der Waals surface area contributed by atoms with Gasteiger partial charge in [0.15, 0.2) is 5.75 Å². The molecule has 1 aromatic rings. The maximum Gasteiger partial charge on any atom is 0.573 e. The summed E-state index contributed by atoms with van der Waals surface area (Å²) in [6.07, 6.45) is -4.98. The summed E-state index contributed by atoms with van der Waals surface area (Å²) in [5, 5.41) is 8.51. The lowest BCUT2D eigenvalue weighted by atomic mass is 10.2. The standard InChI is InChI=1S/C8H3BrF4N2O/c9-6-3(2-14)4(10)1-5(7(6)15)16-8(11,12)13/h1H,15H2. The van der Waals surface area contributed by atoms with Gasteiger partial charge in [0, 0.05) is 6.07 Å². The van der Waals surface area contributed by atoms with Gasteiger partial charge in [-0.25, -0.2) is 4.39 Å². The minimum atomic E-state index is -4.98. The third-order valence-corrected chi connectivity index (χ3v) is 2.38. The van der Waals surface area contributed by atoms with Gasteiger partial charge in [-0.2, -0.15) is 5.26 Å². The highest BCUT2D eigenvalue weighted by Gasteiger charge is 2.33. The number of ether oxygens (including phenoxy) is 1. The first kappa shape index (κ1) is 12.6. The fraction of sp³-hybridized carbons (Fsp3) is 0.125. The van der Waals surface area contributed by atoms with Crippen molar-refractivity contribution in [2.45, 2.75) is 6.36 Å². The lowest BCUT2D eigenvalue weighted by Crippen LogP contribution is -2.18. The molecular formula is C8H3BrF4N2O. The van der Waals surface area contributed by atoms with E-state index in [9.17, 15) is 17.6 Å². The number of nitrogens with two attached hydrogens (primary N) is 1. The van der Waals surface area contributed by atoms with Crippen LogP contribution in [-0.2, 0) is 0 Å². The first-order chi connectivity index (χ1) is 7.26. The minimum Gasteiger partial charge on any atom is -0.403 e. The number of halogens is 5. The summed E-state index contributed by atoms with van der Waals surface area (Å²) in [4.78, 5) is 0. The number of alkyl halides is 3. The second-order valence-corrected chi connectivity index (χ2v) is 3.41. The van der Waals surface area contributed by atoms with Crippen LogP contribution < -0.4 is 10.5 Å². The molecule has 0 aliphatic rings. The molecule has 0 aliphatic heterocycles. The minimum absolute atomic E-state index is 0.269. The average Bonchev–Trinajstić information content (AvgIpc) is 2.12. The zero-order valence-electron chi connectivity index (χ0n) is 7.40. The molecular weight excluding hydrogens is 296 g/mol. The van der Waals surface area contributed by atoms with Gasteiger partial charge in [0.05, 0.1) is 10.2 Å². The third-order valence-electron chi connectivity index (χ3n) is 1.56. The monoisotopic (exact) mass is 298 g/mol. The lowest BCUT2D eigenvalue weighted by Gasteiger charge is -2.12. The van der Waals surface area contributed by atoms with E-state index in [-0.39, 0.29) is 4.47 Å². The second-order valence-electron chi connectivity index (χ2n) is 2.62. The molecule has 0 aromatic heterocycles. The van der Waals surface area contributed by atoms with Crippen LogP contribution in [0.4, 0.5) is 23.2 Å². The molecule has 3 nitrogen and oxygen atoms in total. The van der Waals surface area contributed by atoms with Crippen LogP contribution >= 0.6 is 15.9 Å². The Morgan fingerprint density at radius 3 is 2.44 bits per heavy atom. The molecule has 0 heterocycles. The van der Waals surface area contributed by atoms with Gasteiger partial charge in [0.2, 0.25) is 0 Å². The van der Waals surface area contributed by atoms with Gasteiger partial charge in [0.1, 0.15) is 17.4 Å². The van der Waals surface area contributed by atoms with E-state index in [0.29, 0.717) is 6.07 Å². The van der Waals surface area contributed by atoms with Crippen LogP contribution in [0.5, 0.6) is 5.75 Å². The molecule has 1 aromatic carbocycles. The van der Waals surface area contributed by atoms with Crippen molar-refractivity contribution < 1.29 is 22.3 Å². The van der Waals surface area contributed by atoms with E-state index in [1.807, 2.05) is 0 Å². The van der Waals surface area contributed by atoms with Crippen molar-refractivity contribution >= 4 is 21.6 Å². The molecule has 0 unspecified atom stereocenters. The van der Waals surface area contributed by atoms with E-state index < -0.39 is 29.2 Å². The highest BCUT2D eigenvalue weighted by atomic mass is 79.9. The van der Waals surface area contributed by atoms with Gasteiger partial charge in [-0.3, -0.25) is 0 Å². The Bertz CT molecular complexity index is 467. The lowest BCUT2D eigenvalue weighted by molar-refractivity contribution is -0.274. The van der Waals surface area contributed by atoms with Crippen LogP contribution in [0.3, 0.4) is 0 Å². The first-order valence-corrected chi connectivity index (χ1v) is 4.49. The summed E-state index contributed by atoms with van der Waals surface area (Å²) in [5.41, 5.74) is 4.28. The predicted octanol–water partition coefficient (Wildman–Crippen LogP) is 2.94. The smallest absolute Gasteiger partial charge is 0.403 e. The Kier molecular flexibility index (Phi) is 3.28. The number of nitrogen functional groups attached to an aromatic ring is 1. The van der Waals surface area contributed by atoms with Gasteiger partial charge in [-0.15, -0.1) is 13.2 Å². The molecule has 86 valence electrons. The SMILES string of the molecule is N#Cc1c(F)cc(OC(F)(F)F)c(N)c1Br. The average molecular weight is 299 g/mol. The molecule has 1 rings (SSSR count). The number of hydrogen-bond donors (Lipinski definition) is 1. The molecule has 0 aliphatic carbocycles. The van der Waals surface area contributed by atoms with Crippen molar-refractivity contribution in [3.05, 3.63) is 21.9 Å². The fourth-order valence-electron chi connectivity index (χ4n) is 0.924. The van der Waals surface area contributed by atoms with Crippen molar-refractivity contribution in [2.24, 2.45) is 0 Å². The summed E-state index contributed by atoms with van der Waals surface area (Å²) in [7, 11) is 0. The van der Waals surface area contributed by atoms with Gasteiger partial charge in [-0.05, 0) is 15.9 Å². The number of nitriles is 1. The Balaban J connectivity index is 3.30. The maximum atomic E-state index is 13.1. The van der Waals surface area contributed by atoms with Crippen molar-refractivity contribution in [1.82, 2.24) is 0 Å². The van der Waals surface area contributed by atoms with Crippen LogP contribution in [0.15, 0.2) is 10.5 Å². The Hall–Kier alpha value is -1.49. The second kappa shape index (κ2) is 4.17. The van der Waals surface area contributed by atoms with Crippen molar-refractivity contribution in [3.8, 4) is 11.8 Å². The van der Waals surface area contributed by atoms with Crippen molar-refractivity contribution in [1.29, 1.82) is 5.26 Å². The highest BCUT2D eigenvalue weighted by Crippen LogP contribution is 2.37. The summed E-state index contributed by atoms with van der Waals surface area (Å²) in [6.45, 7) is 0. The molecule has 0 bridgehead atoms. The molecule has 0 atom stereocenters. The number of nitrogens with zero attached hydrogens (tertiary/aromatic N) is 1. The third kappa shape index (κ3) is 2.55. The molecule has 0 radical (unpaired) electrons. The molecule has 0 amide bonds. The van der Waals surface area contributed by atoms with Crippen LogP contribution in [0.25, 0.3) is 0 Å². The molecule has 0 fully saturated rings. The van der Waals surface area contributed by atoms with E-state index >= 15 is 0 Å². The van der Waals surface area contributed by atoms with Crippen LogP contribution in [0, 0.1) is 17.1 Å². The summed E-state index contributed by atoms with van der Waals surface area (Å²) < 4.78 is 52.0. The van der Waals surface area contributed by atoms with E-state index in [1.165, 1.54) is 6.07 Å². The predicted molar refractivity (Wildman–Crippen MR) is 49.9 cm³/mol. The molecule has 2 N–H and O–H groups in total. The zero-order chi connectivity index (χ0) is 12.5. The Morgan fingerprint density at radius 1 is 1.44 bits per heavy atom. The van der Waals surface area contributed by atoms with Gasteiger partial charge >= 0.3 is 6.36 Å². The van der Waals surface area contributed by atoms with Gasteiger partial charge < -0.3 is 10.5 Å². The van der Waals surface area contributed by atoms with Crippen LogP contribution in [0.2, 0.25) is 0 Å². The molecule has 16 heavy (non-hydrogen) atoms. The van der Waals surface area contributed by atoms with E-state index in [1.54, 1.807) is 0 Å². The number of rotatable bonds is 1.